The van der Waals surface area contributed by atoms with E-state index >= 15 is 0 Å². The monoisotopic (exact) mass is 367 g/mol. The number of hydrogen-bond donors (Lipinski definition) is 0. The molecule has 0 aliphatic carbocycles. The van der Waals surface area contributed by atoms with Crippen molar-refractivity contribution >= 4 is 23.4 Å². The highest BCUT2D eigenvalue weighted by Gasteiger charge is 2.20. The van der Waals surface area contributed by atoms with Crippen LogP contribution in [0.4, 0.5) is 5.95 Å². The average molecular weight is 367 g/mol. The molecule has 0 N–H and O–H groups in total. The van der Waals surface area contributed by atoms with Gasteiger partial charge in [-0.3, -0.25) is 9.78 Å². The first-order valence-corrected chi connectivity index (χ1v) is 9.03. The number of aromatic nitrogens is 3. The number of pyridine rings is 1. The molecule has 7 heteroatoms. The highest BCUT2D eigenvalue weighted by molar-refractivity contribution is 7.09. The van der Waals surface area contributed by atoms with Gasteiger partial charge in [-0.2, -0.15) is 9.36 Å². The molecule has 2 heterocycles. The van der Waals surface area contributed by atoms with E-state index in [4.69, 9.17) is 0 Å². The topological polar surface area (TPSA) is 62.2 Å². The number of carbonyl (C=O) groups excluding carboxylic acids is 1. The lowest BCUT2D eigenvalue weighted by atomic mass is 10.1. The maximum absolute atomic E-state index is 12.9. The summed E-state index contributed by atoms with van der Waals surface area (Å²) >= 11 is 1.33. The Morgan fingerprint density at radius 1 is 1.15 bits per heavy atom. The largest absolute Gasteiger partial charge is 0.346 e. The van der Waals surface area contributed by atoms with Crippen molar-refractivity contribution in [3.05, 3.63) is 59.9 Å². The fraction of sp³-hybridized carbons (Fsp3) is 0.263. The molecule has 0 aliphatic heterocycles. The average Bonchev–Trinajstić information content (AvgIpc) is 3.17. The maximum atomic E-state index is 12.9. The van der Waals surface area contributed by atoms with E-state index in [1.165, 1.54) is 11.5 Å². The van der Waals surface area contributed by atoms with Crippen molar-refractivity contribution in [3.63, 3.8) is 0 Å². The van der Waals surface area contributed by atoms with E-state index in [0.717, 1.165) is 16.1 Å². The quantitative estimate of drug-likeness (QED) is 0.691. The van der Waals surface area contributed by atoms with Gasteiger partial charge >= 0.3 is 0 Å². The van der Waals surface area contributed by atoms with Gasteiger partial charge in [0.1, 0.15) is 5.01 Å². The Kier molecular flexibility index (Phi) is 5.27. The molecule has 0 unspecified atom stereocenters. The van der Waals surface area contributed by atoms with Crippen LogP contribution in [0.2, 0.25) is 0 Å². The standard InChI is InChI=1S/C19H21N5OS/c1-13(16-9-6-10-20-12-16)24(4)18(25)15-8-5-7-14(11-15)17-21-19(22-26-17)23(2)3/h5-13H,1-4H3/t13-/m0/s1. The van der Waals surface area contributed by atoms with E-state index in [2.05, 4.69) is 14.3 Å². The molecule has 3 aromatic rings. The molecule has 0 fully saturated rings. The van der Waals surface area contributed by atoms with E-state index in [0.29, 0.717) is 11.5 Å². The van der Waals surface area contributed by atoms with Gasteiger partial charge in [0.15, 0.2) is 0 Å². The Hall–Kier alpha value is -2.80. The third-order valence-electron chi connectivity index (χ3n) is 4.24. The van der Waals surface area contributed by atoms with E-state index in [1.807, 2.05) is 69.4 Å². The van der Waals surface area contributed by atoms with Crippen molar-refractivity contribution in [2.24, 2.45) is 0 Å². The minimum absolute atomic E-state index is 0.0412. The van der Waals surface area contributed by atoms with Crippen molar-refractivity contribution in [1.29, 1.82) is 0 Å². The van der Waals surface area contributed by atoms with Crippen LogP contribution >= 0.6 is 11.5 Å². The van der Waals surface area contributed by atoms with Gasteiger partial charge in [0.25, 0.3) is 5.91 Å². The summed E-state index contributed by atoms with van der Waals surface area (Å²) in [6.45, 7) is 1.99. The molecule has 0 saturated heterocycles. The number of benzene rings is 1. The molecule has 1 atom stereocenters. The van der Waals surface area contributed by atoms with Gasteiger partial charge in [-0.05, 0) is 42.2 Å². The molecule has 0 aliphatic rings. The third-order valence-corrected chi connectivity index (χ3v) is 4.99. The van der Waals surface area contributed by atoms with Crippen LogP contribution in [0.3, 0.4) is 0 Å². The molecule has 2 aromatic heterocycles. The van der Waals surface area contributed by atoms with Crippen molar-refractivity contribution in [3.8, 4) is 10.6 Å². The molecule has 1 aromatic carbocycles. The molecule has 3 rings (SSSR count). The van der Waals surface area contributed by atoms with Crippen LogP contribution in [0.15, 0.2) is 48.8 Å². The third kappa shape index (κ3) is 3.72. The zero-order valence-corrected chi connectivity index (χ0v) is 16.1. The zero-order valence-electron chi connectivity index (χ0n) is 15.2. The summed E-state index contributed by atoms with van der Waals surface area (Å²) in [6, 6.07) is 11.3. The van der Waals surface area contributed by atoms with Crippen molar-refractivity contribution in [2.75, 3.05) is 26.0 Å². The second-order valence-corrected chi connectivity index (χ2v) is 7.00. The first-order chi connectivity index (χ1) is 12.5. The van der Waals surface area contributed by atoms with E-state index in [1.54, 1.807) is 17.3 Å². The molecular formula is C19H21N5OS. The molecule has 0 bridgehead atoms. The van der Waals surface area contributed by atoms with Gasteiger partial charge in [0.2, 0.25) is 5.95 Å². The molecule has 6 nitrogen and oxygen atoms in total. The fourth-order valence-corrected chi connectivity index (χ4v) is 3.25. The van der Waals surface area contributed by atoms with Crippen LogP contribution < -0.4 is 4.90 Å². The Morgan fingerprint density at radius 3 is 2.62 bits per heavy atom. The lowest BCUT2D eigenvalue weighted by Crippen LogP contribution is -2.29. The van der Waals surface area contributed by atoms with Crippen molar-refractivity contribution in [1.82, 2.24) is 19.2 Å². The van der Waals surface area contributed by atoms with Gasteiger partial charge in [-0.15, -0.1) is 0 Å². The normalized spacial score (nSPS) is 11.8. The maximum Gasteiger partial charge on any atom is 0.254 e. The predicted molar refractivity (Wildman–Crippen MR) is 104 cm³/mol. The van der Waals surface area contributed by atoms with Crippen LogP contribution in [0.5, 0.6) is 0 Å². The minimum atomic E-state index is -0.0678. The highest BCUT2D eigenvalue weighted by atomic mass is 32.1. The Bertz CT molecular complexity index is 894. The fourth-order valence-electron chi connectivity index (χ4n) is 2.53. The molecule has 0 spiro atoms. The van der Waals surface area contributed by atoms with Crippen LogP contribution in [0.1, 0.15) is 28.9 Å². The second kappa shape index (κ2) is 7.61. The minimum Gasteiger partial charge on any atom is -0.346 e. The first-order valence-electron chi connectivity index (χ1n) is 8.26. The molecule has 0 radical (unpaired) electrons. The zero-order chi connectivity index (χ0) is 18.7. The molecule has 134 valence electrons. The van der Waals surface area contributed by atoms with Crippen LogP contribution in [-0.4, -0.2) is 46.3 Å². The summed E-state index contributed by atoms with van der Waals surface area (Å²) < 4.78 is 4.32. The lowest BCUT2D eigenvalue weighted by molar-refractivity contribution is 0.0742. The van der Waals surface area contributed by atoms with E-state index in [9.17, 15) is 4.79 Å². The Morgan fingerprint density at radius 2 is 1.96 bits per heavy atom. The summed E-state index contributed by atoms with van der Waals surface area (Å²) in [7, 11) is 5.61. The lowest BCUT2D eigenvalue weighted by Gasteiger charge is -2.25. The summed E-state index contributed by atoms with van der Waals surface area (Å²) in [5.74, 6) is 0.629. The molecule has 0 saturated carbocycles. The summed E-state index contributed by atoms with van der Waals surface area (Å²) in [5, 5.41) is 0.798. The number of nitrogens with zero attached hydrogens (tertiary/aromatic N) is 5. The number of amides is 1. The summed E-state index contributed by atoms with van der Waals surface area (Å²) in [5.41, 5.74) is 2.52. The predicted octanol–water partition coefficient (Wildman–Crippen LogP) is 3.50. The number of anilines is 1. The number of carbonyl (C=O) groups is 1. The van der Waals surface area contributed by atoms with Gasteiger partial charge in [0, 0.05) is 44.7 Å². The van der Waals surface area contributed by atoms with Gasteiger partial charge in [-0.25, -0.2) is 0 Å². The van der Waals surface area contributed by atoms with Gasteiger partial charge in [0.05, 0.1) is 6.04 Å². The second-order valence-electron chi connectivity index (χ2n) is 6.25. The van der Waals surface area contributed by atoms with Crippen LogP contribution in [0.25, 0.3) is 10.6 Å². The Labute approximate surface area is 157 Å². The molecule has 26 heavy (non-hydrogen) atoms. The van der Waals surface area contributed by atoms with Gasteiger partial charge < -0.3 is 9.80 Å². The Balaban J connectivity index is 1.83. The van der Waals surface area contributed by atoms with E-state index < -0.39 is 0 Å². The molecular weight excluding hydrogens is 346 g/mol. The van der Waals surface area contributed by atoms with Gasteiger partial charge in [-0.1, -0.05) is 18.2 Å². The van der Waals surface area contributed by atoms with Crippen molar-refractivity contribution < 1.29 is 4.79 Å². The summed E-state index contributed by atoms with van der Waals surface area (Å²) in [6.07, 6.45) is 3.51. The highest BCUT2D eigenvalue weighted by Crippen LogP contribution is 2.26. The van der Waals surface area contributed by atoms with E-state index in [-0.39, 0.29) is 11.9 Å². The van der Waals surface area contributed by atoms with Crippen LogP contribution in [0, 0.1) is 0 Å². The SMILES string of the molecule is C[C@@H](c1cccnc1)N(C)C(=O)c1cccc(-c2nc(N(C)C)ns2)c1. The first kappa shape index (κ1) is 18.0. The smallest absolute Gasteiger partial charge is 0.254 e. The van der Waals surface area contributed by atoms with Crippen molar-refractivity contribution in [2.45, 2.75) is 13.0 Å². The summed E-state index contributed by atoms with van der Waals surface area (Å²) in [4.78, 5) is 25.1. The number of rotatable bonds is 5. The number of hydrogen-bond acceptors (Lipinski definition) is 6. The molecule has 1 amide bonds. The van der Waals surface area contributed by atoms with Crippen LogP contribution in [-0.2, 0) is 0 Å².